The molecule has 2 atom stereocenters. The zero-order valence-electron chi connectivity index (χ0n) is 20.2. The highest BCUT2D eigenvalue weighted by molar-refractivity contribution is 5.94. The number of methoxy groups -OCH3 is 1. The highest BCUT2D eigenvalue weighted by atomic mass is 16.5. The summed E-state index contributed by atoms with van der Waals surface area (Å²) in [7, 11) is 3.25. The highest BCUT2D eigenvalue weighted by Crippen LogP contribution is 2.39. The van der Waals surface area contributed by atoms with Crippen molar-refractivity contribution < 1.29 is 29.3 Å². The molecule has 2 N–H and O–H groups in total. The highest BCUT2D eigenvalue weighted by Gasteiger charge is 2.41. The number of pyridine rings is 1. The Morgan fingerprint density at radius 2 is 1.89 bits per heavy atom. The number of aromatic nitrogens is 1. The first kappa shape index (κ1) is 24.9. The van der Waals surface area contributed by atoms with E-state index in [1.54, 1.807) is 35.0 Å². The number of carbonyl (C=O) groups excluding carboxylic acids is 2. The number of para-hydroxylation sites is 1. The summed E-state index contributed by atoms with van der Waals surface area (Å²) in [5, 5.41) is 21.8. The minimum Gasteiger partial charge on any atom is -0.483 e. The molecule has 2 aliphatic heterocycles. The molecular weight excluding hydrogens is 450 g/mol. The molecule has 2 amide bonds. The molecule has 2 aromatic rings. The van der Waals surface area contributed by atoms with E-state index in [1.165, 1.54) is 13.3 Å². The molecule has 0 saturated carbocycles. The van der Waals surface area contributed by atoms with Crippen molar-refractivity contribution in [3.8, 4) is 11.6 Å². The monoisotopic (exact) mass is 483 g/mol. The average Bonchev–Trinajstić information content (AvgIpc) is 2.87. The van der Waals surface area contributed by atoms with Crippen molar-refractivity contribution in [2.75, 3.05) is 40.4 Å². The Morgan fingerprint density at radius 1 is 1.14 bits per heavy atom. The van der Waals surface area contributed by atoms with Crippen LogP contribution in [0.2, 0.25) is 0 Å². The number of hydrogen-bond donors (Lipinski definition) is 2. The average molecular weight is 484 g/mol. The molecule has 1 aromatic heterocycles. The second kappa shape index (κ2) is 10.6. The first-order valence-corrected chi connectivity index (χ1v) is 11.9. The molecule has 3 heterocycles. The van der Waals surface area contributed by atoms with Gasteiger partial charge in [0.25, 0.3) is 11.8 Å². The predicted molar refractivity (Wildman–Crippen MR) is 128 cm³/mol. The molecular formula is C26H33N3O6. The maximum atomic E-state index is 13.0. The van der Waals surface area contributed by atoms with Crippen LogP contribution in [0.4, 0.5) is 0 Å². The fourth-order valence-corrected chi connectivity index (χ4v) is 5.02. The van der Waals surface area contributed by atoms with Crippen LogP contribution in [0.1, 0.15) is 35.2 Å². The van der Waals surface area contributed by atoms with E-state index in [1.807, 2.05) is 18.2 Å². The molecule has 0 unspecified atom stereocenters. The van der Waals surface area contributed by atoms with Crippen LogP contribution in [0, 0.1) is 5.41 Å². The van der Waals surface area contributed by atoms with E-state index >= 15 is 0 Å². The minimum absolute atomic E-state index is 0.0999. The summed E-state index contributed by atoms with van der Waals surface area (Å²) >= 11 is 0. The molecule has 1 aromatic carbocycles. The number of likely N-dealkylation sites (tertiary alicyclic amines) is 1. The van der Waals surface area contributed by atoms with Gasteiger partial charge in [0, 0.05) is 45.4 Å². The van der Waals surface area contributed by atoms with E-state index in [9.17, 15) is 19.8 Å². The molecule has 1 fully saturated rings. The number of aliphatic hydroxyl groups is 2. The van der Waals surface area contributed by atoms with Gasteiger partial charge in [-0.1, -0.05) is 18.2 Å². The number of piperidine rings is 1. The minimum atomic E-state index is -0.973. The number of rotatable bonds is 2. The Bertz CT molecular complexity index is 1040. The van der Waals surface area contributed by atoms with Gasteiger partial charge in [0.2, 0.25) is 5.88 Å². The van der Waals surface area contributed by atoms with E-state index in [-0.39, 0.29) is 24.8 Å². The van der Waals surface area contributed by atoms with Gasteiger partial charge < -0.3 is 29.5 Å². The van der Waals surface area contributed by atoms with Gasteiger partial charge in [-0.05, 0) is 42.4 Å². The quantitative estimate of drug-likeness (QED) is 0.666. The van der Waals surface area contributed by atoms with Crippen molar-refractivity contribution in [2.45, 2.75) is 37.9 Å². The van der Waals surface area contributed by atoms with Gasteiger partial charge in [-0.2, -0.15) is 0 Å². The summed E-state index contributed by atoms with van der Waals surface area (Å²) < 4.78 is 10.8. The van der Waals surface area contributed by atoms with Crippen LogP contribution in [-0.4, -0.2) is 89.4 Å². The Balaban J connectivity index is 1.50. The third kappa shape index (κ3) is 5.74. The number of fused-ring (bicyclic) bond motifs is 1. The number of amides is 2. The molecule has 9 nitrogen and oxygen atoms in total. The predicted octanol–water partition coefficient (Wildman–Crippen LogP) is 1.52. The molecule has 188 valence electrons. The number of hydrogen-bond acceptors (Lipinski definition) is 7. The summed E-state index contributed by atoms with van der Waals surface area (Å²) in [5.74, 6) is 0.714. The van der Waals surface area contributed by atoms with Crippen LogP contribution in [0.3, 0.4) is 0 Å². The molecule has 2 aliphatic rings. The summed E-state index contributed by atoms with van der Waals surface area (Å²) in [6.45, 7) is 1.27. The largest absolute Gasteiger partial charge is 0.483 e. The Hall–Kier alpha value is -3.17. The van der Waals surface area contributed by atoms with E-state index in [4.69, 9.17) is 9.47 Å². The molecule has 0 radical (unpaired) electrons. The Labute approximate surface area is 205 Å². The molecule has 0 bridgehead atoms. The summed E-state index contributed by atoms with van der Waals surface area (Å²) in [6.07, 6.45) is 1.32. The number of nitrogens with zero attached hydrogens (tertiary/aromatic N) is 3. The lowest BCUT2D eigenvalue weighted by atomic mass is 9.72. The van der Waals surface area contributed by atoms with Gasteiger partial charge in [0.15, 0.2) is 6.61 Å². The zero-order chi connectivity index (χ0) is 25.0. The van der Waals surface area contributed by atoms with Crippen LogP contribution in [0.15, 0.2) is 42.6 Å². The Morgan fingerprint density at radius 3 is 2.57 bits per heavy atom. The van der Waals surface area contributed by atoms with Crippen molar-refractivity contribution in [1.29, 1.82) is 0 Å². The zero-order valence-corrected chi connectivity index (χ0v) is 20.2. The number of ether oxygens (including phenoxy) is 2. The maximum absolute atomic E-state index is 13.0. The van der Waals surface area contributed by atoms with Crippen molar-refractivity contribution >= 4 is 11.8 Å². The van der Waals surface area contributed by atoms with Crippen LogP contribution in [-0.2, 0) is 11.2 Å². The molecule has 1 saturated heterocycles. The van der Waals surface area contributed by atoms with Gasteiger partial charge in [0.1, 0.15) is 5.75 Å². The standard InChI is InChI=1S/C26H33N3O6/c1-28-17-26(9-11-29(12-10-26)25(33)19-7-8-23(34-2)27-15-19)14-21(31)20(30)13-18-5-3-4-6-22(18)35-16-24(28)32/h3-8,15,20-21,30-31H,9-14,16-17H2,1-2H3/t20-,21+/m0/s1. The van der Waals surface area contributed by atoms with Gasteiger partial charge >= 0.3 is 0 Å². The smallest absolute Gasteiger partial charge is 0.260 e. The van der Waals surface area contributed by atoms with Crippen LogP contribution in [0.25, 0.3) is 0 Å². The van der Waals surface area contributed by atoms with Crippen molar-refractivity contribution in [1.82, 2.24) is 14.8 Å². The lowest BCUT2D eigenvalue weighted by Crippen LogP contribution is -2.51. The van der Waals surface area contributed by atoms with Crippen LogP contribution < -0.4 is 9.47 Å². The lowest BCUT2D eigenvalue weighted by molar-refractivity contribution is -0.135. The number of likely N-dealkylation sites (N-methyl/N-ethyl adjacent to an activating group) is 1. The third-order valence-corrected chi connectivity index (χ3v) is 7.14. The van der Waals surface area contributed by atoms with Gasteiger partial charge in [-0.25, -0.2) is 4.98 Å². The van der Waals surface area contributed by atoms with E-state index in [0.29, 0.717) is 56.1 Å². The first-order valence-electron chi connectivity index (χ1n) is 11.9. The van der Waals surface area contributed by atoms with Gasteiger partial charge in [-0.15, -0.1) is 0 Å². The number of carbonyl (C=O) groups is 2. The molecule has 0 aliphatic carbocycles. The normalized spacial score (nSPS) is 23.0. The molecule has 35 heavy (non-hydrogen) atoms. The number of aliphatic hydroxyl groups excluding tert-OH is 2. The fraction of sp³-hybridized carbons (Fsp3) is 0.500. The van der Waals surface area contributed by atoms with E-state index in [0.717, 1.165) is 5.56 Å². The first-order chi connectivity index (χ1) is 16.8. The second-order valence-corrected chi connectivity index (χ2v) is 9.57. The van der Waals surface area contributed by atoms with Gasteiger partial charge in [-0.3, -0.25) is 9.59 Å². The molecule has 9 heteroatoms. The summed E-state index contributed by atoms with van der Waals surface area (Å²) in [5.41, 5.74) is 0.801. The number of benzene rings is 1. The van der Waals surface area contributed by atoms with E-state index in [2.05, 4.69) is 4.98 Å². The van der Waals surface area contributed by atoms with Crippen molar-refractivity contribution in [3.63, 3.8) is 0 Å². The van der Waals surface area contributed by atoms with Crippen LogP contribution in [0.5, 0.6) is 11.6 Å². The fourth-order valence-electron chi connectivity index (χ4n) is 5.02. The van der Waals surface area contributed by atoms with Gasteiger partial charge in [0.05, 0.1) is 24.9 Å². The van der Waals surface area contributed by atoms with Crippen molar-refractivity contribution in [3.05, 3.63) is 53.7 Å². The lowest BCUT2D eigenvalue weighted by Gasteiger charge is -2.45. The van der Waals surface area contributed by atoms with E-state index < -0.39 is 17.6 Å². The van der Waals surface area contributed by atoms with Crippen molar-refractivity contribution in [2.24, 2.45) is 5.41 Å². The second-order valence-electron chi connectivity index (χ2n) is 9.57. The summed E-state index contributed by atoms with van der Waals surface area (Å²) in [4.78, 5) is 33.4. The Kier molecular flexibility index (Phi) is 7.57. The third-order valence-electron chi connectivity index (χ3n) is 7.14. The topological polar surface area (TPSA) is 112 Å². The molecule has 4 rings (SSSR count). The van der Waals surface area contributed by atoms with Crippen LogP contribution >= 0.6 is 0 Å². The maximum Gasteiger partial charge on any atom is 0.260 e. The SMILES string of the molecule is COc1ccc(C(=O)N2CCC3(CC2)C[C@@H](O)[C@@H](O)Cc2ccccc2OCC(=O)N(C)C3)cn1. The summed E-state index contributed by atoms with van der Waals surface area (Å²) in [6, 6.07) is 10.6. The molecule has 1 spiro atoms.